The van der Waals surface area contributed by atoms with Crippen LogP contribution >= 0.6 is 11.6 Å². The molecule has 0 aromatic heterocycles. The average molecular weight is 415 g/mol. The van der Waals surface area contributed by atoms with Crippen LogP contribution in [0.4, 0.5) is 4.39 Å². The molecule has 0 spiro atoms. The zero-order valence-electron chi connectivity index (χ0n) is 16.5. The number of carbonyl (C=O) groups is 2. The van der Waals surface area contributed by atoms with Crippen LogP contribution in [-0.2, 0) is 9.59 Å². The van der Waals surface area contributed by atoms with Gasteiger partial charge >= 0.3 is 5.97 Å². The minimum Gasteiger partial charge on any atom is -0.479 e. The maximum Gasteiger partial charge on any atom is 0.336 e. The van der Waals surface area contributed by atoms with Crippen molar-refractivity contribution in [2.45, 2.75) is 76.7 Å². The van der Waals surface area contributed by atoms with E-state index in [1.807, 2.05) is 0 Å². The van der Waals surface area contributed by atoms with Crippen molar-refractivity contribution < 1.29 is 29.3 Å². The first-order chi connectivity index (χ1) is 12.9. The summed E-state index contributed by atoms with van der Waals surface area (Å²) >= 11 is 6.28. The van der Waals surface area contributed by atoms with Gasteiger partial charge in [0.2, 0.25) is 0 Å². The van der Waals surface area contributed by atoms with E-state index >= 15 is 4.39 Å². The number of halogens is 2. The van der Waals surface area contributed by atoms with Crippen LogP contribution in [0, 0.1) is 28.6 Å². The Morgan fingerprint density at radius 2 is 1.89 bits per heavy atom. The molecule has 5 nitrogen and oxygen atoms in total. The third kappa shape index (κ3) is 2.00. The number of Topliss-reactive ketones (excluding diaryl/α,β-unsaturated/α-hetero) is 1. The van der Waals surface area contributed by atoms with Crippen LogP contribution in [0.15, 0.2) is 10.6 Å². The van der Waals surface area contributed by atoms with Gasteiger partial charge in [-0.15, -0.1) is 0 Å². The summed E-state index contributed by atoms with van der Waals surface area (Å²) < 4.78 is 16.9. The molecule has 3 fully saturated rings. The highest BCUT2D eigenvalue weighted by Crippen LogP contribution is 2.71. The van der Waals surface area contributed by atoms with Gasteiger partial charge in [-0.2, -0.15) is 0 Å². The van der Waals surface area contributed by atoms with Gasteiger partial charge in [0.1, 0.15) is 5.67 Å². The fourth-order valence-corrected chi connectivity index (χ4v) is 7.85. The van der Waals surface area contributed by atoms with Gasteiger partial charge < -0.3 is 15.3 Å². The number of aliphatic hydroxyl groups excluding tert-OH is 1. The topological polar surface area (TPSA) is 94.8 Å². The molecule has 3 N–H and O–H groups in total. The first-order valence-electron chi connectivity index (χ1n) is 10.1. The van der Waals surface area contributed by atoms with Crippen molar-refractivity contribution in [3.05, 3.63) is 10.6 Å². The molecule has 0 heterocycles. The van der Waals surface area contributed by atoms with Crippen LogP contribution in [0.2, 0.25) is 0 Å². The molecule has 0 radical (unpaired) electrons. The van der Waals surface area contributed by atoms with E-state index in [2.05, 4.69) is 0 Å². The van der Waals surface area contributed by atoms with Crippen molar-refractivity contribution >= 4 is 23.4 Å². The maximum atomic E-state index is 16.9. The summed E-state index contributed by atoms with van der Waals surface area (Å²) in [5.74, 6) is -3.00. The van der Waals surface area contributed by atoms with E-state index in [0.717, 1.165) is 0 Å². The number of allylic oxidation sites excluding steroid dienone is 1. The lowest BCUT2D eigenvalue weighted by molar-refractivity contribution is -0.233. The highest BCUT2D eigenvalue weighted by Gasteiger charge is 2.76. The van der Waals surface area contributed by atoms with Gasteiger partial charge in [0.25, 0.3) is 0 Å². The average Bonchev–Trinajstić information content (AvgIpc) is 2.82. The third-order valence-corrected chi connectivity index (χ3v) is 9.48. The number of alkyl halides is 1. The van der Waals surface area contributed by atoms with Crippen LogP contribution in [0.3, 0.4) is 0 Å². The maximum absolute atomic E-state index is 16.9. The van der Waals surface area contributed by atoms with E-state index in [4.69, 9.17) is 11.6 Å². The van der Waals surface area contributed by atoms with Gasteiger partial charge in [-0.1, -0.05) is 32.4 Å². The Morgan fingerprint density at radius 1 is 1.25 bits per heavy atom. The van der Waals surface area contributed by atoms with E-state index < -0.39 is 46.0 Å². The summed E-state index contributed by atoms with van der Waals surface area (Å²) in [6.45, 7) is 5.12. The van der Waals surface area contributed by atoms with E-state index in [-0.39, 0.29) is 36.0 Å². The number of ketones is 1. The largest absolute Gasteiger partial charge is 0.479 e. The molecule has 0 aromatic rings. The lowest BCUT2D eigenvalue weighted by Crippen LogP contribution is -2.69. The number of carboxylic acids is 1. The molecule has 3 saturated carbocycles. The number of aliphatic carboxylic acids is 1. The molecule has 0 amide bonds. The summed E-state index contributed by atoms with van der Waals surface area (Å²) in [6, 6.07) is 0. The molecular formula is C21H28ClFO5. The zero-order valence-corrected chi connectivity index (χ0v) is 17.2. The summed E-state index contributed by atoms with van der Waals surface area (Å²) in [5, 5.41) is 32.2. The zero-order chi connectivity index (χ0) is 20.9. The fraction of sp³-hybridized carbons (Fsp3) is 0.810. The molecular weight excluding hydrogens is 387 g/mol. The Bertz CT molecular complexity index is 798. The minimum absolute atomic E-state index is 0.103. The molecule has 156 valence electrons. The Labute approximate surface area is 168 Å². The van der Waals surface area contributed by atoms with Gasteiger partial charge in [0, 0.05) is 23.2 Å². The second-order valence-electron chi connectivity index (χ2n) is 9.91. The van der Waals surface area contributed by atoms with Gasteiger partial charge in [-0.25, -0.2) is 9.18 Å². The van der Waals surface area contributed by atoms with E-state index in [1.54, 1.807) is 20.8 Å². The number of carboxylic acid groups (broad SMARTS) is 1. The summed E-state index contributed by atoms with van der Waals surface area (Å²) in [5.41, 5.74) is -5.60. The van der Waals surface area contributed by atoms with E-state index in [9.17, 15) is 24.9 Å². The highest BCUT2D eigenvalue weighted by molar-refractivity contribution is 6.43. The standard InChI is InChI=1S/C21H28ClFO5/c1-10-8-13-11-4-5-12-16(22)14(24)6-7-18(12,2)20(11,23)15(25)9-19(13,3)21(10,28)17(26)27/h10-11,13,15,25,28H,4-9H2,1-3H3,(H,26,27)/t10-,11+,13+,15+,18+,19+,20+,21+/m1/s1. The lowest BCUT2D eigenvalue weighted by Gasteiger charge is -2.63. The first-order valence-corrected chi connectivity index (χ1v) is 10.5. The number of carbonyl (C=O) groups excluding carboxylic acids is 1. The molecule has 0 aliphatic heterocycles. The lowest BCUT2D eigenvalue weighted by atomic mass is 9.44. The highest BCUT2D eigenvalue weighted by atomic mass is 35.5. The van der Waals surface area contributed by atoms with E-state index in [0.29, 0.717) is 24.8 Å². The molecule has 0 unspecified atom stereocenters. The predicted octanol–water partition coefficient (Wildman–Crippen LogP) is 3.21. The van der Waals surface area contributed by atoms with Crippen molar-refractivity contribution in [2.24, 2.45) is 28.6 Å². The Balaban J connectivity index is 1.86. The Hall–Kier alpha value is -0.980. The van der Waals surface area contributed by atoms with Crippen molar-refractivity contribution in [1.82, 2.24) is 0 Å². The molecule has 4 rings (SSSR count). The predicted molar refractivity (Wildman–Crippen MR) is 100 cm³/mol. The van der Waals surface area contributed by atoms with Gasteiger partial charge in [-0.05, 0) is 49.5 Å². The normalized spacial score (nSPS) is 53.5. The number of hydrogen-bond donors (Lipinski definition) is 3. The van der Waals surface area contributed by atoms with Crippen LogP contribution in [0.1, 0.15) is 59.3 Å². The number of rotatable bonds is 1. The fourth-order valence-electron chi connectivity index (χ4n) is 7.45. The first kappa shape index (κ1) is 20.3. The SMILES string of the molecule is C[C@@H]1C[C@H]2[C@@H]3CCC4=C(Cl)C(=O)CC[C@]4(C)[C@@]3(F)[C@@H](O)C[C@]2(C)[C@@]1(O)C(=O)O. The number of aliphatic hydroxyl groups is 2. The van der Waals surface area contributed by atoms with Crippen LogP contribution in [0.25, 0.3) is 0 Å². The third-order valence-electron chi connectivity index (χ3n) is 9.04. The van der Waals surface area contributed by atoms with Crippen LogP contribution in [-0.4, -0.2) is 44.4 Å². The second-order valence-corrected chi connectivity index (χ2v) is 10.3. The molecule has 4 aliphatic rings. The molecule has 0 saturated heterocycles. The molecule has 4 aliphatic carbocycles. The molecule has 7 heteroatoms. The van der Waals surface area contributed by atoms with E-state index in [1.165, 1.54) is 0 Å². The van der Waals surface area contributed by atoms with Crippen molar-refractivity contribution in [2.75, 3.05) is 0 Å². The van der Waals surface area contributed by atoms with Gasteiger partial charge in [0.05, 0.1) is 11.1 Å². The Kier molecular flexibility index (Phi) is 4.20. The van der Waals surface area contributed by atoms with Crippen molar-refractivity contribution in [1.29, 1.82) is 0 Å². The summed E-state index contributed by atoms with van der Waals surface area (Å²) in [4.78, 5) is 24.1. The molecule has 0 bridgehead atoms. The van der Waals surface area contributed by atoms with Gasteiger partial charge in [-0.3, -0.25) is 4.79 Å². The molecule has 8 atom stereocenters. The minimum atomic E-state index is -2.00. The van der Waals surface area contributed by atoms with Crippen molar-refractivity contribution in [3.63, 3.8) is 0 Å². The smallest absolute Gasteiger partial charge is 0.336 e. The number of hydrogen-bond acceptors (Lipinski definition) is 4. The second kappa shape index (κ2) is 5.79. The monoisotopic (exact) mass is 414 g/mol. The quantitative estimate of drug-likeness (QED) is 0.612. The Morgan fingerprint density at radius 3 is 2.50 bits per heavy atom. The molecule has 28 heavy (non-hydrogen) atoms. The summed E-state index contributed by atoms with van der Waals surface area (Å²) in [6.07, 6.45) is 0.0793. The van der Waals surface area contributed by atoms with Gasteiger partial charge in [0.15, 0.2) is 11.4 Å². The van der Waals surface area contributed by atoms with Crippen LogP contribution in [0.5, 0.6) is 0 Å². The summed E-state index contributed by atoms with van der Waals surface area (Å²) in [7, 11) is 0. The molecule has 0 aromatic carbocycles. The number of fused-ring (bicyclic) bond motifs is 5. The van der Waals surface area contributed by atoms with Crippen LogP contribution < -0.4 is 0 Å². The van der Waals surface area contributed by atoms with Crippen molar-refractivity contribution in [3.8, 4) is 0 Å².